The van der Waals surface area contributed by atoms with Gasteiger partial charge >= 0.3 is 0 Å². The van der Waals surface area contributed by atoms with E-state index in [-0.39, 0.29) is 5.82 Å². The van der Waals surface area contributed by atoms with E-state index in [4.69, 9.17) is 17.3 Å². The van der Waals surface area contributed by atoms with Gasteiger partial charge in [-0.15, -0.1) is 0 Å². The summed E-state index contributed by atoms with van der Waals surface area (Å²) in [5, 5.41) is 0.527. The highest BCUT2D eigenvalue weighted by molar-refractivity contribution is 6.35. The lowest BCUT2D eigenvalue weighted by molar-refractivity contribution is 0.630. The highest BCUT2D eigenvalue weighted by Crippen LogP contribution is 2.27. The maximum Gasteiger partial charge on any atom is 0.141 e. The Bertz CT molecular complexity index is 736. The Labute approximate surface area is 107 Å². The van der Waals surface area contributed by atoms with Crippen molar-refractivity contribution in [3.05, 3.63) is 47.2 Å². The van der Waals surface area contributed by atoms with Crippen LogP contribution in [0.15, 0.2) is 36.4 Å². The van der Waals surface area contributed by atoms with Gasteiger partial charge in [-0.25, -0.2) is 9.37 Å². The molecule has 3 nitrogen and oxygen atoms in total. The van der Waals surface area contributed by atoms with Crippen LogP contribution in [0.1, 0.15) is 0 Å². The van der Waals surface area contributed by atoms with E-state index in [2.05, 4.69) is 9.97 Å². The number of fused-ring (bicyclic) bond motifs is 1. The molecule has 0 spiro atoms. The summed E-state index contributed by atoms with van der Waals surface area (Å²) in [6.45, 7) is 0. The van der Waals surface area contributed by atoms with Crippen LogP contribution in [-0.2, 0) is 0 Å². The average molecular weight is 262 g/mol. The fourth-order valence-electron chi connectivity index (χ4n) is 1.85. The van der Waals surface area contributed by atoms with Gasteiger partial charge in [-0.3, -0.25) is 0 Å². The van der Waals surface area contributed by atoms with Crippen molar-refractivity contribution >= 4 is 28.3 Å². The smallest absolute Gasteiger partial charge is 0.141 e. The van der Waals surface area contributed by atoms with Crippen molar-refractivity contribution in [3.8, 4) is 11.4 Å². The molecule has 3 aromatic rings. The van der Waals surface area contributed by atoms with Crippen LogP contribution in [0.25, 0.3) is 22.4 Å². The number of nitrogens with two attached hydrogens (primary N) is 1. The van der Waals surface area contributed by atoms with E-state index < -0.39 is 0 Å². The summed E-state index contributed by atoms with van der Waals surface area (Å²) in [6.07, 6.45) is 0. The van der Waals surface area contributed by atoms with Crippen molar-refractivity contribution in [3.63, 3.8) is 0 Å². The summed E-state index contributed by atoms with van der Waals surface area (Å²) in [5.74, 6) is 0.0438. The van der Waals surface area contributed by atoms with Gasteiger partial charge in [0.05, 0.1) is 16.1 Å². The molecule has 0 amide bonds. The first-order valence-electron chi connectivity index (χ1n) is 5.35. The Balaban J connectivity index is 2.26. The number of H-pyrrole nitrogens is 1. The van der Waals surface area contributed by atoms with Crippen molar-refractivity contribution < 1.29 is 4.39 Å². The predicted octanol–water partition coefficient (Wildman–Crippen LogP) is 3.60. The Hall–Kier alpha value is -2.07. The summed E-state index contributed by atoms with van der Waals surface area (Å²) < 4.78 is 13.7. The van der Waals surface area contributed by atoms with Gasteiger partial charge in [-0.2, -0.15) is 0 Å². The van der Waals surface area contributed by atoms with E-state index in [0.717, 1.165) is 5.52 Å². The summed E-state index contributed by atoms with van der Waals surface area (Å²) in [5.41, 5.74) is 7.86. The van der Waals surface area contributed by atoms with Crippen molar-refractivity contribution in [1.29, 1.82) is 0 Å². The monoisotopic (exact) mass is 261 g/mol. The van der Waals surface area contributed by atoms with Crippen molar-refractivity contribution in [2.45, 2.75) is 0 Å². The number of imidazole rings is 1. The van der Waals surface area contributed by atoms with Crippen LogP contribution >= 0.6 is 11.6 Å². The number of anilines is 1. The lowest BCUT2D eigenvalue weighted by Gasteiger charge is -2.00. The second-order valence-corrected chi connectivity index (χ2v) is 4.37. The summed E-state index contributed by atoms with van der Waals surface area (Å²) in [4.78, 5) is 7.33. The minimum Gasteiger partial charge on any atom is -0.399 e. The van der Waals surface area contributed by atoms with Crippen molar-refractivity contribution in [2.24, 2.45) is 0 Å². The number of hydrogen-bond donors (Lipinski definition) is 2. The SMILES string of the molecule is Nc1ccc(F)c(-c2nc3c(Cl)cccc3[nH]2)c1. The van der Waals surface area contributed by atoms with Gasteiger partial charge in [0.15, 0.2) is 0 Å². The lowest BCUT2D eigenvalue weighted by atomic mass is 10.2. The standard InChI is InChI=1S/C13H9ClFN3/c14-9-2-1-3-11-12(9)18-13(17-11)8-6-7(16)4-5-10(8)15/h1-6H,16H2,(H,17,18). The first kappa shape index (κ1) is 11.0. The lowest BCUT2D eigenvalue weighted by Crippen LogP contribution is -1.90. The summed E-state index contributed by atoms with van der Waals surface area (Å²) >= 11 is 6.03. The van der Waals surface area contributed by atoms with Gasteiger partial charge in [-0.05, 0) is 30.3 Å². The zero-order chi connectivity index (χ0) is 12.7. The molecule has 90 valence electrons. The minimum atomic E-state index is -0.376. The molecule has 3 N–H and O–H groups in total. The number of hydrogen-bond acceptors (Lipinski definition) is 2. The van der Waals surface area contributed by atoms with E-state index in [1.54, 1.807) is 12.1 Å². The molecule has 1 heterocycles. The Morgan fingerprint density at radius 3 is 2.83 bits per heavy atom. The topological polar surface area (TPSA) is 54.7 Å². The molecule has 0 bridgehead atoms. The molecule has 2 aromatic carbocycles. The molecule has 0 fully saturated rings. The van der Waals surface area contributed by atoms with Crippen LogP contribution in [-0.4, -0.2) is 9.97 Å². The number of para-hydroxylation sites is 1. The number of halogens is 2. The largest absolute Gasteiger partial charge is 0.399 e. The molecule has 3 rings (SSSR count). The third-order valence-electron chi connectivity index (χ3n) is 2.71. The normalized spacial score (nSPS) is 11.0. The Morgan fingerprint density at radius 2 is 2.06 bits per heavy atom. The number of nitrogens with one attached hydrogen (secondary N) is 1. The quantitative estimate of drug-likeness (QED) is 0.658. The van der Waals surface area contributed by atoms with Crippen LogP contribution in [0, 0.1) is 5.82 Å². The molecule has 1 aromatic heterocycles. The van der Waals surface area contributed by atoms with Crippen LogP contribution in [0.3, 0.4) is 0 Å². The highest BCUT2D eigenvalue weighted by atomic mass is 35.5. The molecule has 0 aliphatic carbocycles. The molecule has 0 saturated carbocycles. The van der Waals surface area contributed by atoms with Gasteiger partial charge in [0, 0.05) is 5.69 Å². The molecule has 0 radical (unpaired) electrons. The second kappa shape index (κ2) is 3.99. The van der Waals surface area contributed by atoms with Crippen LogP contribution in [0.4, 0.5) is 10.1 Å². The van der Waals surface area contributed by atoms with Gasteiger partial charge in [-0.1, -0.05) is 17.7 Å². The number of nitrogen functional groups attached to an aromatic ring is 1. The third kappa shape index (κ3) is 1.71. The van der Waals surface area contributed by atoms with Gasteiger partial charge in [0.1, 0.15) is 17.2 Å². The number of nitrogens with zero attached hydrogens (tertiary/aromatic N) is 1. The fourth-order valence-corrected chi connectivity index (χ4v) is 2.07. The molecule has 0 atom stereocenters. The highest BCUT2D eigenvalue weighted by Gasteiger charge is 2.11. The van der Waals surface area contributed by atoms with Gasteiger partial charge < -0.3 is 10.7 Å². The molecule has 18 heavy (non-hydrogen) atoms. The van der Waals surface area contributed by atoms with E-state index >= 15 is 0 Å². The fraction of sp³-hybridized carbons (Fsp3) is 0. The number of benzene rings is 2. The molecule has 0 saturated heterocycles. The van der Waals surface area contributed by atoms with E-state index in [1.165, 1.54) is 12.1 Å². The second-order valence-electron chi connectivity index (χ2n) is 3.96. The maximum atomic E-state index is 13.7. The molecular formula is C13H9ClFN3. The first-order chi connectivity index (χ1) is 8.65. The Kier molecular flexibility index (Phi) is 2.45. The zero-order valence-corrected chi connectivity index (χ0v) is 10.0. The number of rotatable bonds is 1. The van der Waals surface area contributed by atoms with Gasteiger partial charge in [0.25, 0.3) is 0 Å². The number of aromatic amines is 1. The molecule has 0 aliphatic heterocycles. The molecule has 5 heteroatoms. The van der Waals surface area contributed by atoms with E-state index in [1.807, 2.05) is 12.1 Å². The van der Waals surface area contributed by atoms with Crippen LogP contribution in [0.2, 0.25) is 5.02 Å². The Morgan fingerprint density at radius 1 is 1.22 bits per heavy atom. The van der Waals surface area contributed by atoms with E-state index in [9.17, 15) is 4.39 Å². The maximum absolute atomic E-state index is 13.7. The third-order valence-corrected chi connectivity index (χ3v) is 3.01. The average Bonchev–Trinajstić information content (AvgIpc) is 2.77. The number of aromatic nitrogens is 2. The molecular weight excluding hydrogens is 253 g/mol. The predicted molar refractivity (Wildman–Crippen MR) is 70.9 cm³/mol. The van der Waals surface area contributed by atoms with E-state index in [0.29, 0.717) is 27.6 Å². The zero-order valence-electron chi connectivity index (χ0n) is 9.24. The minimum absolute atomic E-state index is 0.335. The van der Waals surface area contributed by atoms with Crippen LogP contribution < -0.4 is 5.73 Å². The van der Waals surface area contributed by atoms with Gasteiger partial charge in [0.2, 0.25) is 0 Å². The molecule has 0 aliphatic rings. The van der Waals surface area contributed by atoms with Crippen molar-refractivity contribution in [2.75, 3.05) is 5.73 Å². The van der Waals surface area contributed by atoms with Crippen LogP contribution in [0.5, 0.6) is 0 Å². The summed E-state index contributed by atoms with van der Waals surface area (Å²) in [7, 11) is 0. The first-order valence-corrected chi connectivity index (χ1v) is 5.72. The van der Waals surface area contributed by atoms with Crippen molar-refractivity contribution in [1.82, 2.24) is 9.97 Å². The summed E-state index contributed by atoms with van der Waals surface area (Å²) in [6, 6.07) is 9.75. The molecule has 0 unspecified atom stereocenters.